The molecular formula is C7H11NO3. The highest BCUT2D eigenvalue weighted by molar-refractivity contribution is 5.97. The summed E-state index contributed by atoms with van der Waals surface area (Å²) in [6, 6.07) is 0. The van der Waals surface area contributed by atoms with Crippen molar-refractivity contribution in [1.29, 1.82) is 0 Å². The molecule has 1 aliphatic rings. The van der Waals surface area contributed by atoms with Gasteiger partial charge in [-0.2, -0.15) is 0 Å². The maximum atomic E-state index is 10.3. The van der Waals surface area contributed by atoms with Crippen LogP contribution in [0.25, 0.3) is 0 Å². The fraction of sp³-hybridized carbons (Fsp3) is 0.429. The van der Waals surface area contributed by atoms with Gasteiger partial charge >= 0.3 is 0 Å². The molecule has 0 radical (unpaired) electrons. The standard InChI is InChI=1S/C5H7NO2.C2H4O/c7-4-2-1-3-5(8)6-4;1-2-3/h1-3H2,(H,6,7,8);2-3H,1H2. The lowest BCUT2D eigenvalue weighted by atomic mass is 10.1. The first-order valence-corrected chi connectivity index (χ1v) is 3.28. The van der Waals surface area contributed by atoms with Crippen molar-refractivity contribution in [1.82, 2.24) is 5.32 Å². The van der Waals surface area contributed by atoms with Crippen LogP contribution in [0.2, 0.25) is 0 Å². The summed E-state index contributed by atoms with van der Waals surface area (Å²) >= 11 is 0. The van der Waals surface area contributed by atoms with Gasteiger partial charge in [-0.3, -0.25) is 14.9 Å². The molecule has 1 fully saturated rings. The summed E-state index contributed by atoms with van der Waals surface area (Å²) in [4.78, 5) is 20.7. The minimum Gasteiger partial charge on any atom is -0.516 e. The van der Waals surface area contributed by atoms with E-state index in [1.165, 1.54) is 0 Å². The number of carbonyl (C=O) groups is 2. The van der Waals surface area contributed by atoms with Gasteiger partial charge in [-0.25, -0.2) is 0 Å². The predicted octanol–water partition coefficient (Wildman–Crippen LogP) is 0.501. The highest BCUT2D eigenvalue weighted by Gasteiger charge is 2.12. The molecule has 1 aliphatic heterocycles. The van der Waals surface area contributed by atoms with Gasteiger partial charge in [0, 0.05) is 12.8 Å². The molecule has 0 aliphatic carbocycles. The van der Waals surface area contributed by atoms with Gasteiger partial charge in [-0.05, 0) is 6.42 Å². The maximum Gasteiger partial charge on any atom is 0.226 e. The zero-order valence-electron chi connectivity index (χ0n) is 6.17. The number of hydrogen-bond acceptors (Lipinski definition) is 3. The molecule has 0 saturated carbocycles. The van der Waals surface area contributed by atoms with Crippen LogP contribution in [0.4, 0.5) is 0 Å². The minimum atomic E-state index is -0.138. The van der Waals surface area contributed by atoms with E-state index >= 15 is 0 Å². The maximum absolute atomic E-state index is 10.3. The second-order valence-electron chi connectivity index (χ2n) is 2.01. The third-order valence-electron chi connectivity index (χ3n) is 1.09. The Morgan fingerprint density at radius 1 is 1.36 bits per heavy atom. The van der Waals surface area contributed by atoms with E-state index in [0.29, 0.717) is 19.3 Å². The van der Waals surface area contributed by atoms with Crippen LogP contribution in [0, 0.1) is 0 Å². The SMILES string of the molecule is C=CO.O=C1CCCC(=O)N1. The van der Waals surface area contributed by atoms with Gasteiger partial charge in [0.25, 0.3) is 0 Å². The Labute approximate surface area is 64.9 Å². The normalized spacial score (nSPS) is 16.0. The summed E-state index contributed by atoms with van der Waals surface area (Å²) in [7, 11) is 0. The summed E-state index contributed by atoms with van der Waals surface area (Å²) in [5.74, 6) is -0.275. The number of imide groups is 1. The topological polar surface area (TPSA) is 66.4 Å². The third-order valence-corrected chi connectivity index (χ3v) is 1.09. The van der Waals surface area contributed by atoms with Crippen LogP contribution < -0.4 is 5.32 Å². The Hall–Kier alpha value is -1.32. The lowest BCUT2D eigenvalue weighted by Crippen LogP contribution is -2.33. The smallest absolute Gasteiger partial charge is 0.226 e. The average molecular weight is 157 g/mol. The lowest BCUT2D eigenvalue weighted by Gasteiger charge is -2.07. The van der Waals surface area contributed by atoms with Crippen molar-refractivity contribution in [2.45, 2.75) is 19.3 Å². The second kappa shape index (κ2) is 5.46. The van der Waals surface area contributed by atoms with Crippen LogP contribution in [0.1, 0.15) is 19.3 Å². The molecule has 0 aromatic carbocycles. The molecule has 1 rings (SSSR count). The van der Waals surface area contributed by atoms with Gasteiger partial charge < -0.3 is 5.11 Å². The number of rotatable bonds is 0. The van der Waals surface area contributed by atoms with E-state index in [1.54, 1.807) is 0 Å². The zero-order chi connectivity index (χ0) is 8.69. The lowest BCUT2D eigenvalue weighted by molar-refractivity contribution is -0.132. The fourth-order valence-corrected chi connectivity index (χ4v) is 0.690. The molecule has 0 bridgehead atoms. The van der Waals surface area contributed by atoms with Crippen molar-refractivity contribution >= 4 is 11.8 Å². The van der Waals surface area contributed by atoms with Crippen LogP contribution in [-0.4, -0.2) is 16.9 Å². The molecule has 0 spiro atoms. The van der Waals surface area contributed by atoms with E-state index in [4.69, 9.17) is 5.11 Å². The zero-order valence-corrected chi connectivity index (χ0v) is 6.17. The Kier molecular flexibility index (Phi) is 4.81. The number of aliphatic hydroxyl groups excluding tert-OH is 1. The van der Waals surface area contributed by atoms with Gasteiger partial charge in [-0.1, -0.05) is 6.58 Å². The van der Waals surface area contributed by atoms with E-state index in [9.17, 15) is 9.59 Å². The van der Waals surface area contributed by atoms with Gasteiger partial charge in [0.15, 0.2) is 0 Å². The van der Waals surface area contributed by atoms with Crippen LogP contribution in [0.3, 0.4) is 0 Å². The molecule has 62 valence electrons. The van der Waals surface area contributed by atoms with Crippen molar-refractivity contribution in [2.24, 2.45) is 0 Å². The number of piperidine rings is 1. The van der Waals surface area contributed by atoms with Gasteiger partial charge in [0.2, 0.25) is 11.8 Å². The summed E-state index contributed by atoms with van der Waals surface area (Å²) in [6.07, 6.45) is 2.47. The van der Waals surface area contributed by atoms with Crippen molar-refractivity contribution in [3.63, 3.8) is 0 Å². The van der Waals surface area contributed by atoms with Crippen LogP contribution in [-0.2, 0) is 9.59 Å². The molecule has 0 atom stereocenters. The molecule has 1 saturated heterocycles. The van der Waals surface area contributed by atoms with E-state index < -0.39 is 0 Å². The van der Waals surface area contributed by atoms with Crippen molar-refractivity contribution < 1.29 is 14.7 Å². The summed E-state index contributed by atoms with van der Waals surface area (Å²) < 4.78 is 0. The first kappa shape index (κ1) is 9.68. The first-order chi connectivity index (χ1) is 5.20. The van der Waals surface area contributed by atoms with Crippen molar-refractivity contribution in [3.05, 3.63) is 12.8 Å². The third kappa shape index (κ3) is 5.14. The Balaban J connectivity index is 0.000000292. The molecule has 11 heavy (non-hydrogen) atoms. The van der Waals surface area contributed by atoms with Gasteiger partial charge in [-0.15, -0.1) is 0 Å². The molecule has 0 unspecified atom stereocenters. The Morgan fingerprint density at radius 3 is 1.91 bits per heavy atom. The van der Waals surface area contributed by atoms with E-state index in [2.05, 4.69) is 11.9 Å². The summed E-state index contributed by atoms with van der Waals surface area (Å²) in [5.41, 5.74) is 0. The quantitative estimate of drug-likeness (QED) is 0.397. The predicted molar refractivity (Wildman–Crippen MR) is 39.8 cm³/mol. The van der Waals surface area contributed by atoms with Crippen LogP contribution in [0.5, 0.6) is 0 Å². The van der Waals surface area contributed by atoms with Crippen molar-refractivity contribution in [2.75, 3.05) is 0 Å². The van der Waals surface area contributed by atoms with Crippen LogP contribution >= 0.6 is 0 Å². The summed E-state index contributed by atoms with van der Waals surface area (Å²) in [5, 5.41) is 9.53. The molecule has 4 heteroatoms. The summed E-state index contributed by atoms with van der Waals surface area (Å²) in [6.45, 7) is 2.92. The molecule has 1 heterocycles. The first-order valence-electron chi connectivity index (χ1n) is 3.28. The number of nitrogens with one attached hydrogen (secondary N) is 1. The highest BCUT2D eigenvalue weighted by Crippen LogP contribution is 2.00. The number of amides is 2. The second-order valence-corrected chi connectivity index (χ2v) is 2.01. The molecule has 2 N–H and O–H groups in total. The molecular weight excluding hydrogens is 146 g/mol. The van der Waals surface area contributed by atoms with E-state index in [0.717, 1.165) is 6.26 Å². The minimum absolute atomic E-state index is 0.138. The van der Waals surface area contributed by atoms with Gasteiger partial charge in [0.05, 0.1) is 6.26 Å². The monoisotopic (exact) mass is 157 g/mol. The Bertz CT molecular complexity index is 151. The van der Waals surface area contributed by atoms with Gasteiger partial charge in [0.1, 0.15) is 0 Å². The van der Waals surface area contributed by atoms with Crippen molar-refractivity contribution in [3.8, 4) is 0 Å². The molecule has 2 amide bonds. The highest BCUT2D eigenvalue weighted by atomic mass is 16.2. The van der Waals surface area contributed by atoms with E-state index in [-0.39, 0.29) is 11.8 Å². The Morgan fingerprint density at radius 2 is 1.73 bits per heavy atom. The molecule has 4 nitrogen and oxygen atoms in total. The number of hydrogen-bond donors (Lipinski definition) is 2. The average Bonchev–Trinajstić information content (AvgIpc) is 1.88. The molecule has 0 aromatic heterocycles. The number of aliphatic hydroxyl groups is 1. The molecule has 0 aromatic rings. The largest absolute Gasteiger partial charge is 0.516 e. The van der Waals surface area contributed by atoms with E-state index in [1.807, 2.05) is 0 Å². The van der Waals surface area contributed by atoms with Crippen LogP contribution in [0.15, 0.2) is 12.8 Å². The fourth-order valence-electron chi connectivity index (χ4n) is 0.690. The number of carbonyl (C=O) groups excluding carboxylic acids is 2.